The maximum Gasteiger partial charge on any atom is 0.273 e. The van der Waals surface area contributed by atoms with Crippen LogP contribution in [0.1, 0.15) is 13.3 Å². The largest absolute Gasteiger partial charge is 0.492 e. The number of rotatable bonds is 7. The van der Waals surface area contributed by atoms with Gasteiger partial charge in [0.2, 0.25) is 0 Å². The van der Waals surface area contributed by atoms with Gasteiger partial charge in [-0.25, -0.2) is 0 Å². The van der Waals surface area contributed by atoms with Crippen molar-refractivity contribution in [3.63, 3.8) is 0 Å². The van der Waals surface area contributed by atoms with Crippen molar-refractivity contribution in [2.24, 2.45) is 0 Å². The molecule has 0 saturated carbocycles. The van der Waals surface area contributed by atoms with Crippen LogP contribution in [-0.2, 0) is 0 Å². The zero-order valence-corrected chi connectivity index (χ0v) is 12.0. The van der Waals surface area contributed by atoms with Crippen LogP contribution in [0, 0.1) is 21.4 Å². The average Bonchev–Trinajstić information content (AvgIpc) is 2.39. The molecule has 0 aliphatic heterocycles. The Morgan fingerprint density at radius 3 is 2.95 bits per heavy atom. The standard InChI is InChI=1S/C12H14BrN3O3/c1-2-15-9(8-14)5-6-19-12-7-10(16(17)18)3-4-11(12)13/h3-4,7,9,15H,2,5-6H2,1H3. The van der Waals surface area contributed by atoms with E-state index in [0.29, 0.717) is 29.8 Å². The summed E-state index contributed by atoms with van der Waals surface area (Å²) in [5, 5.41) is 22.5. The van der Waals surface area contributed by atoms with E-state index in [1.165, 1.54) is 12.1 Å². The minimum absolute atomic E-state index is 0.0262. The van der Waals surface area contributed by atoms with E-state index < -0.39 is 4.92 Å². The molecule has 1 aromatic rings. The molecule has 0 radical (unpaired) electrons. The molecule has 0 saturated heterocycles. The Morgan fingerprint density at radius 1 is 1.63 bits per heavy atom. The van der Waals surface area contributed by atoms with E-state index in [1.807, 2.05) is 6.92 Å². The number of nitro groups is 1. The molecule has 6 nitrogen and oxygen atoms in total. The summed E-state index contributed by atoms with van der Waals surface area (Å²) in [6.07, 6.45) is 0.513. The molecule has 0 heterocycles. The lowest BCUT2D eigenvalue weighted by molar-refractivity contribution is -0.385. The zero-order chi connectivity index (χ0) is 14.3. The lowest BCUT2D eigenvalue weighted by Crippen LogP contribution is -2.28. The second kappa shape index (κ2) is 7.71. The number of ether oxygens (including phenoxy) is 1. The fourth-order valence-corrected chi connectivity index (χ4v) is 1.82. The van der Waals surface area contributed by atoms with Crippen molar-refractivity contribution in [1.29, 1.82) is 5.26 Å². The summed E-state index contributed by atoms with van der Waals surface area (Å²) in [6.45, 7) is 2.94. The molecular formula is C12H14BrN3O3. The van der Waals surface area contributed by atoms with Gasteiger partial charge in [-0.1, -0.05) is 6.92 Å². The Labute approximate surface area is 119 Å². The Hall–Kier alpha value is -1.65. The van der Waals surface area contributed by atoms with E-state index in [1.54, 1.807) is 6.07 Å². The Bertz CT molecular complexity index is 488. The van der Waals surface area contributed by atoms with Crippen LogP contribution in [0.3, 0.4) is 0 Å². The quantitative estimate of drug-likeness (QED) is 0.614. The third-order valence-electron chi connectivity index (χ3n) is 2.40. The first-order chi connectivity index (χ1) is 9.08. The molecule has 1 rings (SSSR count). The first-order valence-electron chi connectivity index (χ1n) is 5.78. The van der Waals surface area contributed by atoms with Crippen LogP contribution in [0.25, 0.3) is 0 Å². The summed E-state index contributed by atoms with van der Waals surface area (Å²) in [5.41, 5.74) is -0.0262. The second-order valence-electron chi connectivity index (χ2n) is 3.75. The number of nitro benzene ring substituents is 1. The predicted octanol–water partition coefficient (Wildman–Crippen LogP) is 2.63. The van der Waals surface area contributed by atoms with Gasteiger partial charge >= 0.3 is 0 Å². The van der Waals surface area contributed by atoms with Crippen molar-refractivity contribution in [2.45, 2.75) is 19.4 Å². The average molecular weight is 328 g/mol. The lowest BCUT2D eigenvalue weighted by atomic mass is 10.2. The van der Waals surface area contributed by atoms with Crippen molar-refractivity contribution in [2.75, 3.05) is 13.2 Å². The van der Waals surface area contributed by atoms with E-state index in [2.05, 4.69) is 27.3 Å². The van der Waals surface area contributed by atoms with Gasteiger partial charge in [0.1, 0.15) is 5.75 Å². The molecule has 7 heteroatoms. The fraction of sp³-hybridized carbons (Fsp3) is 0.417. The van der Waals surface area contributed by atoms with Gasteiger partial charge in [0, 0.05) is 12.5 Å². The van der Waals surface area contributed by atoms with Crippen LogP contribution in [0.15, 0.2) is 22.7 Å². The molecule has 102 valence electrons. The molecule has 1 unspecified atom stereocenters. The third kappa shape index (κ3) is 4.85. The summed E-state index contributed by atoms with van der Waals surface area (Å²) in [6, 6.07) is 6.17. The first-order valence-corrected chi connectivity index (χ1v) is 6.57. The Balaban J connectivity index is 2.60. The highest BCUT2D eigenvalue weighted by molar-refractivity contribution is 9.10. The van der Waals surface area contributed by atoms with Crippen LogP contribution < -0.4 is 10.1 Å². The molecule has 0 amide bonds. The van der Waals surface area contributed by atoms with Gasteiger partial charge in [-0.15, -0.1) is 0 Å². The number of benzene rings is 1. The highest BCUT2D eigenvalue weighted by atomic mass is 79.9. The van der Waals surface area contributed by atoms with Crippen LogP contribution in [0.4, 0.5) is 5.69 Å². The summed E-state index contributed by atoms with van der Waals surface area (Å²) in [7, 11) is 0. The molecule has 0 bridgehead atoms. The molecule has 1 N–H and O–H groups in total. The molecule has 0 spiro atoms. The predicted molar refractivity (Wildman–Crippen MR) is 74.0 cm³/mol. The number of nitrogens with zero attached hydrogens (tertiary/aromatic N) is 2. The van der Waals surface area contributed by atoms with Crippen molar-refractivity contribution >= 4 is 21.6 Å². The number of halogens is 1. The summed E-state index contributed by atoms with van der Waals surface area (Å²) < 4.78 is 6.11. The van der Waals surface area contributed by atoms with Gasteiger partial charge in [0.15, 0.2) is 0 Å². The molecule has 0 aliphatic rings. The molecule has 1 atom stereocenters. The molecule has 0 aliphatic carbocycles. The molecule has 0 fully saturated rings. The highest BCUT2D eigenvalue weighted by Crippen LogP contribution is 2.29. The van der Waals surface area contributed by atoms with Crippen LogP contribution in [0.5, 0.6) is 5.75 Å². The molecule has 19 heavy (non-hydrogen) atoms. The fourth-order valence-electron chi connectivity index (χ4n) is 1.46. The SMILES string of the molecule is CCNC(C#N)CCOc1cc([N+](=O)[O-])ccc1Br. The van der Waals surface area contributed by atoms with E-state index in [4.69, 9.17) is 10.00 Å². The van der Waals surface area contributed by atoms with Gasteiger partial charge in [-0.3, -0.25) is 10.1 Å². The maximum absolute atomic E-state index is 10.7. The minimum Gasteiger partial charge on any atom is -0.492 e. The summed E-state index contributed by atoms with van der Waals surface area (Å²) in [4.78, 5) is 10.2. The van der Waals surface area contributed by atoms with E-state index >= 15 is 0 Å². The van der Waals surface area contributed by atoms with Crippen LogP contribution in [-0.4, -0.2) is 24.1 Å². The van der Waals surface area contributed by atoms with Gasteiger partial charge in [-0.2, -0.15) is 5.26 Å². The van der Waals surface area contributed by atoms with Crippen molar-refractivity contribution in [3.05, 3.63) is 32.8 Å². The molecule has 1 aromatic carbocycles. The monoisotopic (exact) mass is 327 g/mol. The lowest BCUT2D eigenvalue weighted by Gasteiger charge is -2.11. The number of hydrogen-bond donors (Lipinski definition) is 1. The number of hydrogen-bond acceptors (Lipinski definition) is 5. The maximum atomic E-state index is 10.7. The smallest absolute Gasteiger partial charge is 0.273 e. The van der Waals surface area contributed by atoms with Crippen LogP contribution >= 0.6 is 15.9 Å². The van der Waals surface area contributed by atoms with Crippen molar-refractivity contribution in [3.8, 4) is 11.8 Å². The van der Waals surface area contributed by atoms with Gasteiger partial charge < -0.3 is 10.1 Å². The van der Waals surface area contributed by atoms with Crippen LogP contribution in [0.2, 0.25) is 0 Å². The Kier molecular flexibility index (Phi) is 6.25. The van der Waals surface area contributed by atoms with Gasteiger partial charge in [-0.05, 0) is 28.5 Å². The van der Waals surface area contributed by atoms with Gasteiger partial charge in [0.05, 0.1) is 34.2 Å². The summed E-state index contributed by atoms with van der Waals surface area (Å²) >= 11 is 3.27. The zero-order valence-electron chi connectivity index (χ0n) is 10.4. The molecule has 0 aromatic heterocycles. The van der Waals surface area contributed by atoms with E-state index in [9.17, 15) is 10.1 Å². The second-order valence-corrected chi connectivity index (χ2v) is 4.60. The number of nitrogens with one attached hydrogen (secondary N) is 1. The number of non-ortho nitro benzene ring substituents is 1. The van der Waals surface area contributed by atoms with Gasteiger partial charge in [0.25, 0.3) is 5.69 Å². The van der Waals surface area contributed by atoms with Crippen molar-refractivity contribution in [1.82, 2.24) is 5.32 Å². The van der Waals surface area contributed by atoms with E-state index in [-0.39, 0.29) is 11.7 Å². The highest BCUT2D eigenvalue weighted by Gasteiger charge is 2.11. The number of nitriles is 1. The minimum atomic E-state index is -0.476. The molecular weight excluding hydrogens is 314 g/mol. The van der Waals surface area contributed by atoms with Crippen molar-refractivity contribution < 1.29 is 9.66 Å². The topological polar surface area (TPSA) is 88.2 Å². The normalized spacial score (nSPS) is 11.6. The first kappa shape index (κ1) is 15.4. The van der Waals surface area contributed by atoms with E-state index in [0.717, 1.165) is 0 Å². The summed E-state index contributed by atoms with van der Waals surface area (Å²) in [5.74, 6) is 0.405. The third-order valence-corrected chi connectivity index (χ3v) is 3.05. The Morgan fingerprint density at radius 2 is 2.37 bits per heavy atom.